The summed E-state index contributed by atoms with van der Waals surface area (Å²) in [6.45, 7) is 4.57. The van der Waals surface area contributed by atoms with Crippen LogP contribution in [-0.2, 0) is 4.79 Å². The molecule has 6 heteroatoms. The molecule has 0 spiro atoms. The van der Waals surface area contributed by atoms with Gasteiger partial charge in [-0.15, -0.1) is 0 Å². The summed E-state index contributed by atoms with van der Waals surface area (Å²) in [5.74, 6) is 0.961. The van der Waals surface area contributed by atoms with Crippen LogP contribution in [0.2, 0.25) is 0 Å². The predicted octanol–water partition coefficient (Wildman–Crippen LogP) is 5.97. The number of carbonyl (C=O) groups excluding carboxylic acids is 1. The van der Waals surface area contributed by atoms with Gasteiger partial charge in [-0.1, -0.05) is 44.0 Å². The molecule has 162 valence electrons. The summed E-state index contributed by atoms with van der Waals surface area (Å²) in [5.41, 5.74) is 1.66. The maximum absolute atomic E-state index is 13.5. The molecular formula is C25H28N2O3S. The Labute approximate surface area is 187 Å². The number of phenols is 1. The van der Waals surface area contributed by atoms with Crippen molar-refractivity contribution in [3.63, 3.8) is 0 Å². The fourth-order valence-corrected chi connectivity index (χ4v) is 5.24. The lowest BCUT2D eigenvalue weighted by atomic mass is 9.85. The number of nitrogens with zero attached hydrogens (tertiary/aromatic N) is 2. The van der Waals surface area contributed by atoms with Crippen LogP contribution < -0.4 is 4.74 Å². The van der Waals surface area contributed by atoms with Crippen LogP contribution in [0.1, 0.15) is 45.1 Å². The van der Waals surface area contributed by atoms with E-state index in [9.17, 15) is 9.90 Å². The summed E-state index contributed by atoms with van der Waals surface area (Å²) in [5, 5.41) is 10.7. The lowest BCUT2D eigenvalue weighted by molar-refractivity contribution is -0.124. The smallest absolute Gasteiger partial charge is 0.267 e. The number of aliphatic imine (C=N–C) groups is 1. The third-order valence-corrected chi connectivity index (χ3v) is 6.78. The van der Waals surface area contributed by atoms with Gasteiger partial charge in [0, 0.05) is 6.04 Å². The van der Waals surface area contributed by atoms with E-state index in [-0.39, 0.29) is 17.7 Å². The van der Waals surface area contributed by atoms with E-state index in [0.29, 0.717) is 23.2 Å². The number of aromatic hydroxyl groups is 1. The molecule has 1 N–H and O–H groups in total. The first kappa shape index (κ1) is 21.5. The molecular weight excluding hydrogens is 408 g/mol. The molecule has 2 aromatic rings. The minimum atomic E-state index is 0.00414. The second kappa shape index (κ2) is 9.60. The van der Waals surface area contributed by atoms with E-state index in [1.54, 1.807) is 18.2 Å². The van der Waals surface area contributed by atoms with Crippen LogP contribution in [0.5, 0.6) is 11.5 Å². The van der Waals surface area contributed by atoms with Crippen molar-refractivity contribution in [3.8, 4) is 11.5 Å². The van der Waals surface area contributed by atoms with E-state index < -0.39 is 0 Å². The zero-order chi connectivity index (χ0) is 21.8. The number of ether oxygens (including phenoxy) is 1. The first-order valence-electron chi connectivity index (χ1n) is 10.9. The zero-order valence-corrected chi connectivity index (χ0v) is 18.8. The molecule has 1 aliphatic heterocycles. The number of amidine groups is 1. The molecule has 0 aromatic heterocycles. The highest BCUT2D eigenvalue weighted by atomic mass is 32.2. The van der Waals surface area contributed by atoms with E-state index in [0.717, 1.165) is 35.7 Å². The van der Waals surface area contributed by atoms with Gasteiger partial charge < -0.3 is 9.84 Å². The molecule has 2 fully saturated rings. The highest BCUT2D eigenvalue weighted by Crippen LogP contribution is 2.40. The third-order valence-electron chi connectivity index (χ3n) is 5.80. The van der Waals surface area contributed by atoms with Crippen LogP contribution in [0.15, 0.2) is 58.4 Å². The SMILES string of the molecule is CCOc1cc(/C=C2\SC(=Nc3ccccc3)N([C@@H]3CCCC[C@@H]3C)C2=O)ccc1O. The topological polar surface area (TPSA) is 62.1 Å². The normalized spacial score (nSPS) is 24.2. The maximum atomic E-state index is 13.5. The van der Waals surface area contributed by atoms with Crippen LogP contribution in [0, 0.1) is 5.92 Å². The van der Waals surface area contributed by atoms with Crippen molar-refractivity contribution in [2.24, 2.45) is 10.9 Å². The summed E-state index contributed by atoms with van der Waals surface area (Å²) in [4.78, 5) is 20.9. The Morgan fingerprint density at radius 2 is 1.97 bits per heavy atom. The van der Waals surface area contributed by atoms with Crippen molar-refractivity contribution in [2.75, 3.05) is 6.61 Å². The Bertz CT molecular complexity index is 1000. The van der Waals surface area contributed by atoms with Crippen LogP contribution in [0.25, 0.3) is 6.08 Å². The summed E-state index contributed by atoms with van der Waals surface area (Å²) in [7, 11) is 0. The molecule has 1 saturated heterocycles. The number of rotatable bonds is 5. The van der Waals surface area contributed by atoms with E-state index in [1.165, 1.54) is 18.2 Å². The molecule has 1 saturated carbocycles. The molecule has 0 radical (unpaired) electrons. The highest BCUT2D eigenvalue weighted by Gasteiger charge is 2.41. The summed E-state index contributed by atoms with van der Waals surface area (Å²) < 4.78 is 5.49. The second-order valence-corrected chi connectivity index (χ2v) is 9.01. The number of carbonyl (C=O) groups is 1. The van der Waals surface area contributed by atoms with E-state index >= 15 is 0 Å². The van der Waals surface area contributed by atoms with Gasteiger partial charge in [-0.3, -0.25) is 9.69 Å². The molecule has 2 atom stereocenters. The Hall–Kier alpha value is -2.73. The predicted molar refractivity (Wildman–Crippen MR) is 127 cm³/mol. The van der Waals surface area contributed by atoms with Crippen LogP contribution >= 0.6 is 11.8 Å². The molecule has 2 aliphatic rings. The van der Waals surface area contributed by atoms with Crippen molar-refractivity contribution in [3.05, 3.63) is 59.0 Å². The van der Waals surface area contributed by atoms with Gasteiger partial charge in [0.2, 0.25) is 0 Å². The van der Waals surface area contributed by atoms with Gasteiger partial charge in [-0.25, -0.2) is 4.99 Å². The lowest BCUT2D eigenvalue weighted by Crippen LogP contribution is -2.44. The Balaban J connectivity index is 1.70. The number of hydrogen-bond donors (Lipinski definition) is 1. The molecule has 0 bridgehead atoms. The van der Waals surface area contributed by atoms with E-state index in [4.69, 9.17) is 9.73 Å². The van der Waals surface area contributed by atoms with Crippen molar-refractivity contribution < 1.29 is 14.6 Å². The Kier molecular flexibility index (Phi) is 6.66. The van der Waals surface area contributed by atoms with Gasteiger partial charge in [-0.05, 0) is 73.4 Å². The van der Waals surface area contributed by atoms with Crippen LogP contribution in [0.3, 0.4) is 0 Å². The number of benzene rings is 2. The molecule has 4 rings (SSSR count). The molecule has 5 nitrogen and oxygen atoms in total. The van der Waals surface area contributed by atoms with Crippen molar-refractivity contribution >= 4 is 34.6 Å². The molecule has 31 heavy (non-hydrogen) atoms. The van der Waals surface area contributed by atoms with Gasteiger partial charge in [0.1, 0.15) is 0 Å². The van der Waals surface area contributed by atoms with E-state index in [2.05, 4.69) is 6.92 Å². The molecule has 2 aromatic carbocycles. The fourth-order valence-electron chi connectivity index (χ4n) is 4.19. The number of thioether (sulfide) groups is 1. The van der Waals surface area contributed by atoms with Gasteiger partial charge in [-0.2, -0.15) is 0 Å². The highest BCUT2D eigenvalue weighted by molar-refractivity contribution is 8.18. The monoisotopic (exact) mass is 436 g/mol. The number of phenolic OH excluding ortho intramolecular Hbond substituents is 1. The number of hydrogen-bond acceptors (Lipinski definition) is 5. The first-order chi connectivity index (χ1) is 15.1. The van der Waals surface area contributed by atoms with Crippen LogP contribution in [0.4, 0.5) is 5.69 Å². The maximum Gasteiger partial charge on any atom is 0.267 e. The van der Waals surface area contributed by atoms with Gasteiger partial charge in [0.15, 0.2) is 16.7 Å². The Morgan fingerprint density at radius 3 is 2.71 bits per heavy atom. The summed E-state index contributed by atoms with van der Waals surface area (Å²) in [6, 6.07) is 15.1. The molecule has 0 unspecified atom stereocenters. The summed E-state index contributed by atoms with van der Waals surface area (Å²) in [6.07, 6.45) is 6.35. The van der Waals surface area contributed by atoms with Gasteiger partial charge in [0.05, 0.1) is 17.2 Å². The average Bonchev–Trinajstić information content (AvgIpc) is 3.06. The van der Waals surface area contributed by atoms with Gasteiger partial charge in [0.25, 0.3) is 5.91 Å². The minimum Gasteiger partial charge on any atom is -0.504 e. The fraction of sp³-hybridized carbons (Fsp3) is 0.360. The zero-order valence-electron chi connectivity index (χ0n) is 18.0. The minimum absolute atomic E-state index is 0.00414. The second-order valence-electron chi connectivity index (χ2n) is 8.00. The van der Waals surface area contributed by atoms with Crippen molar-refractivity contribution in [2.45, 2.75) is 45.6 Å². The summed E-state index contributed by atoms with van der Waals surface area (Å²) >= 11 is 1.42. The van der Waals surface area contributed by atoms with Crippen LogP contribution in [-0.4, -0.2) is 33.7 Å². The first-order valence-corrected chi connectivity index (χ1v) is 11.7. The van der Waals surface area contributed by atoms with E-state index in [1.807, 2.05) is 48.2 Å². The molecule has 1 aliphatic carbocycles. The Morgan fingerprint density at radius 1 is 1.19 bits per heavy atom. The largest absolute Gasteiger partial charge is 0.504 e. The number of para-hydroxylation sites is 1. The molecule has 1 amide bonds. The molecule has 1 heterocycles. The average molecular weight is 437 g/mol. The van der Waals surface area contributed by atoms with Gasteiger partial charge >= 0.3 is 0 Å². The third kappa shape index (κ3) is 4.79. The van der Waals surface area contributed by atoms with Crippen molar-refractivity contribution in [1.82, 2.24) is 4.90 Å². The lowest BCUT2D eigenvalue weighted by Gasteiger charge is -2.35. The number of amides is 1. The standard InChI is InChI=1S/C25H28N2O3S/c1-3-30-22-15-18(13-14-21(22)28)16-23-24(29)27(20-12-8-7-9-17(20)2)25(31-23)26-19-10-5-4-6-11-19/h4-6,10-11,13-17,20,28H,3,7-9,12H2,1-2H3/b23-16-,26-25?/t17-,20+/m0/s1. The van der Waals surface area contributed by atoms with Crippen molar-refractivity contribution in [1.29, 1.82) is 0 Å². The quantitative estimate of drug-likeness (QED) is 0.586.